The molecule has 0 unspecified atom stereocenters. The Labute approximate surface area is 193 Å². The molecule has 0 radical (unpaired) electrons. The lowest BCUT2D eigenvalue weighted by atomic mass is 10.1. The number of aromatic nitrogens is 3. The third-order valence-corrected chi connectivity index (χ3v) is 5.13. The first-order valence-corrected chi connectivity index (χ1v) is 9.97. The Morgan fingerprint density at radius 2 is 1.71 bits per heavy atom. The first-order chi connectivity index (χ1) is 16.3. The van der Waals surface area contributed by atoms with Gasteiger partial charge in [-0.15, -0.1) is 0 Å². The summed E-state index contributed by atoms with van der Waals surface area (Å²) < 4.78 is 97.1. The molecule has 1 amide bonds. The minimum atomic E-state index is -4.73. The molecule has 0 aliphatic carbocycles. The van der Waals surface area contributed by atoms with E-state index in [1.54, 1.807) is 11.9 Å². The van der Waals surface area contributed by atoms with Gasteiger partial charge in [0.1, 0.15) is 34.9 Å². The van der Waals surface area contributed by atoms with E-state index in [4.69, 9.17) is 4.74 Å². The van der Waals surface area contributed by atoms with Gasteiger partial charge in [0.2, 0.25) is 0 Å². The molecular formula is C21H16F7N5O2. The number of anilines is 2. The van der Waals surface area contributed by atoms with Crippen molar-refractivity contribution < 1.29 is 40.3 Å². The fourth-order valence-electron chi connectivity index (χ4n) is 3.46. The van der Waals surface area contributed by atoms with E-state index in [-0.39, 0.29) is 30.2 Å². The topological polar surface area (TPSA) is 72.3 Å². The zero-order valence-corrected chi connectivity index (χ0v) is 17.8. The summed E-state index contributed by atoms with van der Waals surface area (Å²) in [5, 5.41) is 6.41. The van der Waals surface area contributed by atoms with Crippen LogP contribution < -0.4 is 15.0 Å². The SMILES string of the molecule is Cn1ncc(C(=O)Nc2ccc(C(F)(F)F)cn2)c1N1CC(Oc2cc(F)cc(C(F)(F)F)c2)C1. The molecule has 1 fully saturated rings. The molecule has 2 aromatic heterocycles. The molecule has 186 valence electrons. The number of amides is 1. The molecule has 35 heavy (non-hydrogen) atoms. The predicted molar refractivity (Wildman–Crippen MR) is 108 cm³/mol. The number of nitrogens with zero attached hydrogens (tertiary/aromatic N) is 4. The van der Waals surface area contributed by atoms with Gasteiger partial charge in [-0.2, -0.15) is 31.4 Å². The standard InChI is InChI=1S/C21H16F7N5O2/c1-32-19(16(8-30-32)18(34)31-17-3-2-11(7-29-17)20(23,24)25)33-9-15(10-33)35-14-5-12(21(26,27)28)4-13(22)6-14/h2-8,15H,9-10H2,1H3,(H,29,31,34). The number of benzene rings is 1. The van der Waals surface area contributed by atoms with Gasteiger partial charge in [0.05, 0.1) is 30.4 Å². The molecule has 0 spiro atoms. The van der Waals surface area contributed by atoms with E-state index < -0.39 is 41.3 Å². The Morgan fingerprint density at radius 3 is 2.31 bits per heavy atom. The highest BCUT2D eigenvalue weighted by Crippen LogP contribution is 2.34. The average molecular weight is 503 g/mol. The van der Waals surface area contributed by atoms with Crippen LogP contribution in [0.3, 0.4) is 0 Å². The zero-order chi connectivity index (χ0) is 25.5. The first-order valence-electron chi connectivity index (χ1n) is 9.97. The Morgan fingerprint density at radius 1 is 1.03 bits per heavy atom. The molecule has 0 atom stereocenters. The second-order valence-electron chi connectivity index (χ2n) is 7.71. The van der Waals surface area contributed by atoms with Crippen molar-refractivity contribution in [1.82, 2.24) is 14.8 Å². The lowest BCUT2D eigenvalue weighted by Crippen LogP contribution is -2.55. The summed E-state index contributed by atoms with van der Waals surface area (Å²) in [6.07, 6.45) is -8.04. The number of ether oxygens (including phenoxy) is 1. The van der Waals surface area contributed by atoms with Gasteiger partial charge in [-0.05, 0) is 24.3 Å². The van der Waals surface area contributed by atoms with Crippen LogP contribution in [0.4, 0.5) is 42.4 Å². The van der Waals surface area contributed by atoms with Crippen molar-refractivity contribution in [3.8, 4) is 5.75 Å². The number of hydrogen-bond donors (Lipinski definition) is 1. The number of carbonyl (C=O) groups is 1. The van der Waals surface area contributed by atoms with Crippen LogP contribution in [0.5, 0.6) is 5.75 Å². The predicted octanol–water partition coefficient (Wildman–Crippen LogP) is 4.51. The molecule has 1 aliphatic rings. The van der Waals surface area contributed by atoms with Crippen molar-refractivity contribution in [3.05, 3.63) is 65.2 Å². The molecule has 4 rings (SSSR count). The van der Waals surface area contributed by atoms with Crippen LogP contribution in [0, 0.1) is 5.82 Å². The van der Waals surface area contributed by atoms with Crippen molar-refractivity contribution in [3.63, 3.8) is 0 Å². The fraction of sp³-hybridized carbons (Fsp3) is 0.286. The monoisotopic (exact) mass is 503 g/mol. The Bertz CT molecular complexity index is 1230. The summed E-state index contributed by atoms with van der Waals surface area (Å²) in [4.78, 5) is 17.9. The third kappa shape index (κ3) is 5.30. The lowest BCUT2D eigenvalue weighted by Gasteiger charge is -2.40. The normalized spacial score (nSPS) is 14.6. The molecule has 1 aliphatic heterocycles. The fourth-order valence-corrected chi connectivity index (χ4v) is 3.46. The number of alkyl halides is 6. The Hall–Kier alpha value is -3.84. The Kier molecular flexibility index (Phi) is 6.07. The van der Waals surface area contributed by atoms with Crippen LogP contribution in [-0.2, 0) is 19.4 Å². The van der Waals surface area contributed by atoms with Crippen molar-refractivity contribution in [1.29, 1.82) is 0 Å². The molecule has 1 N–H and O–H groups in total. The summed E-state index contributed by atoms with van der Waals surface area (Å²) in [5.41, 5.74) is -2.05. The molecular weight excluding hydrogens is 487 g/mol. The Balaban J connectivity index is 1.42. The highest BCUT2D eigenvalue weighted by molar-refractivity contribution is 6.07. The van der Waals surface area contributed by atoms with Gasteiger partial charge in [-0.1, -0.05) is 0 Å². The molecule has 1 saturated heterocycles. The largest absolute Gasteiger partial charge is 0.487 e. The second-order valence-corrected chi connectivity index (χ2v) is 7.71. The second kappa shape index (κ2) is 8.74. The van der Waals surface area contributed by atoms with Crippen LogP contribution in [0.2, 0.25) is 0 Å². The quantitative estimate of drug-likeness (QED) is 0.519. The third-order valence-electron chi connectivity index (χ3n) is 5.13. The lowest BCUT2D eigenvalue weighted by molar-refractivity contribution is -0.138. The van der Waals surface area contributed by atoms with Gasteiger partial charge in [-0.3, -0.25) is 9.48 Å². The van der Waals surface area contributed by atoms with Crippen LogP contribution in [-0.4, -0.2) is 39.9 Å². The van der Waals surface area contributed by atoms with E-state index in [0.717, 1.165) is 18.2 Å². The van der Waals surface area contributed by atoms with Gasteiger partial charge in [0.15, 0.2) is 0 Å². The molecule has 0 bridgehead atoms. The molecule has 1 aromatic carbocycles. The number of hydrogen-bond acceptors (Lipinski definition) is 5. The van der Waals surface area contributed by atoms with Crippen molar-refractivity contribution in [2.75, 3.05) is 23.3 Å². The van der Waals surface area contributed by atoms with Crippen molar-refractivity contribution >= 4 is 17.5 Å². The summed E-state index contributed by atoms with van der Waals surface area (Å²) >= 11 is 0. The first kappa shape index (κ1) is 24.3. The van der Waals surface area contributed by atoms with Gasteiger partial charge in [0.25, 0.3) is 5.91 Å². The summed E-state index contributed by atoms with van der Waals surface area (Å²) in [6, 6.07) is 3.70. The van der Waals surface area contributed by atoms with E-state index in [1.807, 2.05) is 0 Å². The molecule has 0 saturated carbocycles. The maximum Gasteiger partial charge on any atom is 0.417 e. The maximum absolute atomic E-state index is 13.6. The number of halogens is 7. The van der Waals surface area contributed by atoms with Crippen LogP contribution in [0.15, 0.2) is 42.7 Å². The molecule has 3 heterocycles. The van der Waals surface area contributed by atoms with Crippen molar-refractivity contribution in [2.45, 2.75) is 18.5 Å². The number of carbonyl (C=O) groups excluding carboxylic acids is 1. The molecule has 3 aromatic rings. The number of nitrogens with one attached hydrogen (secondary N) is 1. The van der Waals surface area contributed by atoms with Gasteiger partial charge < -0.3 is 15.0 Å². The average Bonchev–Trinajstić information content (AvgIpc) is 3.10. The maximum atomic E-state index is 13.6. The van der Waals surface area contributed by atoms with Gasteiger partial charge >= 0.3 is 12.4 Å². The summed E-state index contributed by atoms with van der Waals surface area (Å²) in [7, 11) is 1.55. The number of pyridine rings is 1. The smallest absolute Gasteiger partial charge is 0.417 e. The van der Waals surface area contributed by atoms with Crippen molar-refractivity contribution in [2.24, 2.45) is 7.05 Å². The minimum Gasteiger partial charge on any atom is -0.487 e. The number of aryl methyl sites for hydroxylation is 1. The van der Waals surface area contributed by atoms with E-state index in [2.05, 4.69) is 15.4 Å². The van der Waals surface area contributed by atoms with E-state index in [1.165, 1.54) is 10.9 Å². The minimum absolute atomic E-state index is 0.0951. The summed E-state index contributed by atoms with van der Waals surface area (Å²) in [6.45, 7) is 0.326. The summed E-state index contributed by atoms with van der Waals surface area (Å²) in [5.74, 6) is -1.80. The van der Waals surface area contributed by atoms with Gasteiger partial charge in [0, 0.05) is 19.3 Å². The highest BCUT2D eigenvalue weighted by atomic mass is 19.4. The van der Waals surface area contributed by atoms with Crippen LogP contribution in [0.25, 0.3) is 0 Å². The van der Waals surface area contributed by atoms with E-state index in [0.29, 0.717) is 24.1 Å². The molecule has 7 nitrogen and oxygen atoms in total. The zero-order valence-electron chi connectivity index (χ0n) is 17.8. The van der Waals surface area contributed by atoms with E-state index >= 15 is 0 Å². The van der Waals surface area contributed by atoms with E-state index in [9.17, 15) is 35.5 Å². The molecule has 14 heteroatoms. The van der Waals surface area contributed by atoms with Crippen LogP contribution in [0.1, 0.15) is 21.5 Å². The highest BCUT2D eigenvalue weighted by Gasteiger charge is 2.36. The number of rotatable bonds is 5. The van der Waals surface area contributed by atoms with Gasteiger partial charge in [-0.25, -0.2) is 9.37 Å². The van der Waals surface area contributed by atoms with Crippen LogP contribution >= 0.6 is 0 Å².